The molecule has 0 aromatic heterocycles. The average Bonchev–Trinajstić information content (AvgIpc) is 2.39. The summed E-state index contributed by atoms with van der Waals surface area (Å²) in [4.78, 5) is 21.8. The maximum atomic E-state index is 11.1. The average molecular weight is 256 g/mol. The van der Waals surface area contributed by atoms with Crippen molar-refractivity contribution in [1.29, 1.82) is 0 Å². The molecular weight excluding hydrogens is 244 g/mol. The minimum absolute atomic E-state index is 0.219. The first kappa shape index (κ1) is 12.6. The monoisotopic (exact) mass is 256 g/mol. The van der Waals surface area contributed by atoms with Gasteiger partial charge in [-0.05, 0) is 42.5 Å². The number of carbonyl (C=O) groups is 2. The number of aromatic carboxylic acids is 1. The van der Waals surface area contributed by atoms with Gasteiger partial charge in [0.1, 0.15) is 0 Å². The second-order valence-corrected chi connectivity index (χ2v) is 3.95. The molecular formula is C14H12N2O3. The van der Waals surface area contributed by atoms with E-state index in [2.05, 4.69) is 5.32 Å². The van der Waals surface area contributed by atoms with Gasteiger partial charge in [-0.3, -0.25) is 4.79 Å². The zero-order valence-electron chi connectivity index (χ0n) is 9.96. The highest BCUT2D eigenvalue weighted by atomic mass is 16.4. The van der Waals surface area contributed by atoms with Crippen LogP contribution in [-0.2, 0) is 0 Å². The van der Waals surface area contributed by atoms with Gasteiger partial charge < -0.3 is 16.2 Å². The largest absolute Gasteiger partial charge is 0.478 e. The van der Waals surface area contributed by atoms with Crippen molar-refractivity contribution in [2.75, 3.05) is 5.32 Å². The van der Waals surface area contributed by atoms with E-state index in [0.717, 1.165) is 5.69 Å². The Balaban J connectivity index is 2.19. The van der Waals surface area contributed by atoms with Gasteiger partial charge >= 0.3 is 5.97 Å². The Kier molecular flexibility index (Phi) is 3.47. The molecule has 0 bridgehead atoms. The van der Waals surface area contributed by atoms with E-state index in [1.165, 1.54) is 12.1 Å². The highest BCUT2D eigenvalue weighted by Gasteiger charge is 2.03. The lowest BCUT2D eigenvalue weighted by atomic mass is 10.1. The third-order valence-corrected chi connectivity index (χ3v) is 2.57. The Morgan fingerprint density at radius 3 is 2.21 bits per heavy atom. The normalized spacial score (nSPS) is 9.89. The minimum atomic E-state index is -0.970. The number of benzene rings is 2. The molecule has 0 heterocycles. The van der Waals surface area contributed by atoms with E-state index in [-0.39, 0.29) is 5.56 Å². The molecule has 0 aliphatic carbocycles. The summed E-state index contributed by atoms with van der Waals surface area (Å²) in [6, 6.07) is 13.1. The molecule has 0 aliphatic rings. The van der Waals surface area contributed by atoms with Crippen LogP contribution in [-0.4, -0.2) is 17.0 Å². The van der Waals surface area contributed by atoms with E-state index >= 15 is 0 Å². The summed E-state index contributed by atoms with van der Waals surface area (Å²) in [6.45, 7) is 0. The van der Waals surface area contributed by atoms with E-state index in [0.29, 0.717) is 11.3 Å². The lowest BCUT2D eigenvalue weighted by Crippen LogP contribution is -2.10. The Bertz CT molecular complexity index is 621. The minimum Gasteiger partial charge on any atom is -0.478 e. The van der Waals surface area contributed by atoms with Gasteiger partial charge in [0.05, 0.1) is 5.56 Å². The Morgan fingerprint density at radius 2 is 1.63 bits per heavy atom. The molecule has 0 fully saturated rings. The lowest BCUT2D eigenvalue weighted by Gasteiger charge is -2.07. The molecule has 0 spiro atoms. The van der Waals surface area contributed by atoms with Crippen LogP contribution < -0.4 is 11.1 Å². The van der Waals surface area contributed by atoms with Crippen molar-refractivity contribution in [2.24, 2.45) is 5.73 Å². The van der Waals surface area contributed by atoms with Crippen LogP contribution in [0.2, 0.25) is 0 Å². The number of carbonyl (C=O) groups excluding carboxylic acids is 1. The van der Waals surface area contributed by atoms with Gasteiger partial charge in [-0.15, -0.1) is 0 Å². The molecule has 0 saturated carbocycles. The maximum absolute atomic E-state index is 11.1. The number of amides is 1. The van der Waals surface area contributed by atoms with Crippen molar-refractivity contribution in [3.8, 4) is 0 Å². The summed E-state index contributed by atoms with van der Waals surface area (Å²) in [5.74, 6) is -1.47. The Labute approximate surface area is 109 Å². The molecule has 0 unspecified atom stereocenters. The van der Waals surface area contributed by atoms with Crippen LogP contribution >= 0.6 is 0 Å². The summed E-state index contributed by atoms with van der Waals surface area (Å²) < 4.78 is 0. The topological polar surface area (TPSA) is 92.4 Å². The molecule has 4 N–H and O–H groups in total. The molecule has 5 nitrogen and oxygen atoms in total. The van der Waals surface area contributed by atoms with Crippen molar-refractivity contribution in [3.63, 3.8) is 0 Å². The predicted molar refractivity (Wildman–Crippen MR) is 71.6 cm³/mol. The molecule has 0 atom stereocenters. The maximum Gasteiger partial charge on any atom is 0.335 e. The number of rotatable bonds is 4. The third-order valence-electron chi connectivity index (χ3n) is 2.57. The second-order valence-electron chi connectivity index (χ2n) is 3.95. The van der Waals surface area contributed by atoms with Crippen LogP contribution in [0, 0.1) is 0 Å². The number of hydrogen-bond donors (Lipinski definition) is 3. The Morgan fingerprint density at radius 1 is 0.947 bits per heavy atom. The van der Waals surface area contributed by atoms with Crippen LogP contribution in [0.25, 0.3) is 0 Å². The number of carboxylic acids is 1. The van der Waals surface area contributed by atoms with E-state index in [1.54, 1.807) is 36.4 Å². The van der Waals surface area contributed by atoms with Gasteiger partial charge in [0, 0.05) is 16.9 Å². The molecule has 96 valence electrons. The van der Waals surface area contributed by atoms with E-state index in [1.807, 2.05) is 0 Å². The fourth-order valence-electron chi connectivity index (χ4n) is 1.61. The molecule has 2 rings (SSSR count). The highest BCUT2D eigenvalue weighted by Crippen LogP contribution is 2.18. The molecule has 19 heavy (non-hydrogen) atoms. The number of carboxylic acid groups (broad SMARTS) is 1. The molecule has 1 amide bonds. The quantitative estimate of drug-likeness (QED) is 0.782. The smallest absolute Gasteiger partial charge is 0.335 e. The number of hydrogen-bond acceptors (Lipinski definition) is 3. The van der Waals surface area contributed by atoms with E-state index in [4.69, 9.17) is 10.8 Å². The van der Waals surface area contributed by atoms with Gasteiger partial charge in [-0.1, -0.05) is 6.07 Å². The molecule has 0 aliphatic heterocycles. The van der Waals surface area contributed by atoms with Gasteiger partial charge in [0.25, 0.3) is 0 Å². The summed E-state index contributed by atoms with van der Waals surface area (Å²) >= 11 is 0. The van der Waals surface area contributed by atoms with Crippen molar-refractivity contribution in [3.05, 3.63) is 59.7 Å². The van der Waals surface area contributed by atoms with E-state index in [9.17, 15) is 9.59 Å². The predicted octanol–water partition coefficient (Wildman–Crippen LogP) is 2.23. The zero-order chi connectivity index (χ0) is 13.8. The number of nitrogens with two attached hydrogens (primary N) is 1. The molecule has 2 aromatic carbocycles. The summed E-state index contributed by atoms with van der Waals surface area (Å²) in [5.41, 5.74) is 7.26. The van der Waals surface area contributed by atoms with Gasteiger partial charge in [0.15, 0.2) is 0 Å². The standard InChI is InChI=1S/C14H12N2O3/c15-13(17)10-2-1-3-12(8-10)16-11-6-4-9(5-7-11)14(18)19/h1-8,16H,(H2,15,17)(H,18,19). The molecule has 0 radical (unpaired) electrons. The van der Waals surface area contributed by atoms with Crippen molar-refractivity contribution in [2.45, 2.75) is 0 Å². The van der Waals surface area contributed by atoms with Crippen LogP contribution in [0.3, 0.4) is 0 Å². The lowest BCUT2D eigenvalue weighted by molar-refractivity contribution is 0.0696. The van der Waals surface area contributed by atoms with Gasteiger partial charge in [-0.25, -0.2) is 4.79 Å². The van der Waals surface area contributed by atoms with Gasteiger partial charge in [0.2, 0.25) is 5.91 Å². The molecule has 2 aromatic rings. The molecule has 0 saturated heterocycles. The number of primary amides is 1. The zero-order valence-corrected chi connectivity index (χ0v) is 9.96. The highest BCUT2D eigenvalue weighted by molar-refractivity contribution is 5.94. The number of nitrogens with one attached hydrogen (secondary N) is 1. The van der Waals surface area contributed by atoms with Crippen LogP contribution in [0.15, 0.2) is 48.5 Å². The van der Waals surface area contributed by atoms with Crippen molar-refractivity contribution >= 4 is 23.3 Å². The Hall–Kier alpha value is -2.82. The van der Waals surface area contributed by atoms with Gasteiger partial charge in [-0.2, -0.15) is 0 Å². The third kappa shape index (κ3) is 3.10. The van der Waals surface area contributed by atoms with Crippen molar-refractivity contribution in [1.82, 2.24) is 0 Å². The fraction of sp³-hybridized carbons (Fsp3) is 0. The van der Waals surface area contributed by atoms with E-state index < -0.39 is 11.9 Å². The summed E-state index contributed by atoms with van der Waals surface area (Å²) in [5, 5.41) is 11.9. The first-order chi connectivity index (χ1) is 9.06. The summed E-state index contributed by atoms with van der Waals surface area (Å²) in [6.07, 6.45) is 0. The first-order valence-corrected chi connectivity index (χ1v) is 5.56. The fourth-order valence-corrected chi connectivity index (χ4v) is 1.61. The summed E-state index contributed by atoms with van der Waals surface area (Å²) in [7, 11) is 0. The first-order valence-electron chi connectivity index (χ1n) is 5.56. The second kappa shape index (κ2) is 5.22. The SMILES string of the molecule is NC(=O)c1cccc(Nc2ccc(C(=O)O)cc2)c1. The van der Waals surface area contributed by atoms with Crippen LogP contribution in [0.1, 0.15) is 20.7 Å². The van der Waals surface area contributed by atoms with Crippen LogP contribution in [0.5, 0.6) is 0 Å². The van der Waals surface area contributed by atoms with Crippen molar-refractivity contribution < 1.29 is 14.7 Å². The number of anilines is 2. The van der Waals surface area contributed by atoms with Crippen LogP contribution in [0.4, 0.5) is 11.4 Å². The molecule has 5 heteroatoms.